The van der Waals surface area contributed by atoms with Gasteiger partial charge in [-0.2, -0.15) is 0 Å². The van der Waals surface area contributed by atoms with Crippen LogP contribution in [-0.2, 0) is 6.42 Å². The maximum atomic E-state index is 12.6. The lowest BCUT2D eigenvalue weighted by Gasteiger charge is -2.04. The van der Waals surface area contributed by atoms with Gasteiger partial charge in [0, 0.05) is 33.6 Å². The second-order valence-electron chi connectivity index (χ2n) is 4.86. The van der Waals surface area contributed by atoms with E-state index in [2.05, 4.69) is 4.98 Å². The van der Waals surface area contributed by atoms with Gasteiger partial charge in [0.25, 0.3) is 0 Å². The fourth-order valence-corrected chi connectivity index (χ4v) is 2.74. The molecule has 1 N–H and O–H groups in total. The molecule has 0 aliphatic rings. The van der Waals surface area contributed by atoms with Crippen molar-refractivity contribution in [2.24, 2.45) is 0 Å². The minimum atomic E-state index is 0.0908. The minimum Gasteiger partial charge on any atom is -0.358 e. The van der Waals surface area contributed by atoms with E-state index in [0.29, 0.717) is 11.4 Å². The topological polar surface area (TPSA) is 32.9 Å². The van der Waals surface area contributed by atoms with Crippen molar-refractivity contribution in [3.8, 4) is 0 Å². The van der Waals surface area contributed by atoms with Crippen molar-refractivity contribution in [1.82, 2.24) is 4.98 Å². The summed E-state index contributed by atoms with van der Waals surface area (Å²) < 4.78 is 0. The van der Waals surface area contributed by atoms with E-state index in [-0.39, 0.29) is 5.78 Å². The number of hydrogen-bond acceptors (Lipinski definition) is 1. The summed E-state index contributed by atoms with van der Waals surface area (Å²) in [7, 11) is 0. The molecule has 0 atom stereocenters. The number of rotatable bonds is 3. The molecule has 0 bridgehead atoms. The molecule has 0 unspecified atom stereocenters. The van der Waals surface area contributed by atoms with Gasteiger partial charge in [-0.3, -0.25) is 4.79 Å². The van der Waals surface area contributed by atoms with Crippen molar-refractivity contribution in [2.45, 2.75) is 13.3 Å². The van der Waals surface area contributed by atoms with Crippen molar-refractivity contribution in [3.63, 3.8) is 0 Å². The molecule has 2 aromatic carbocycles. The fourth-order valence-electron chi connectivity index (χ4n) is 2.54. The van der Waals surface area contributed by atoms with Crippen molar-refractivity contribution < 1.29 is 4.79 Å². The van der Waals surface area contributed by atoms with E-state index < -0.39 is 0 Å². The first-order valence-corrected chi connectivity index (χ1v) is 6.88. The lowest BCUT2D eigenvalue weighted by atomic mass is 10.0. The standard InChI is InChI=1S/C17H14ClNO/c1-11-17(13-7-3-5-9-15(13)19-11)16(20)10-12-6-2-4-8-14(12)18/h2-9,19H,10H2,1H3. The summed E-state index contributed by atoms with van der Waals surface area (Å²) in [6.07, 6.45) is 0.322. The highest BCUT2D eigenvalue weighted by atomic mass is 35.5. The zero-order valence-electron chi connectivity index (χ0n) is 11.1. The molecule has 0 aliphatic heterocycles. The average Bonchev–Trinajstić information content (AvgIpc) is 2.77. The molecule has 0 saturated carbocycles. The summed E-state index contributed by atoms with van der Waals surface area (Å²) in [6.45, 7) is 1.93. The largest absolute Gasteiger partial charge is 0.358 e. The second-order valence-corrected chi connectivity index (χ2v) is 5.27. The molecule has 0 saturated heterocycles. The molecular weight excluding hydrogens is 270 g/mol. The number of nitrogens with one attached hydrogen (secondary N) is 1. The first kappa shape index (κ1) is 12.9. The summed E-state index contributed by atoms with van der Waals surface area (Å²) in [6, 6.07) is 15.3. The van der Waals surface area contributed by atoms with E-state index in [4.69, 9.17) is 11.6 Å². The molecule has 3 heteroatoms. The maximum Gasteiger partial charge on any atom is 0.169 e. The fraction of sp³-hybridized carbons (Fsp3) is 0.118. The van der Waals surface area contributed by atoms with Crippen LogP contribution >= 0.6 is 11.6 Å². The number of H-pyrrole nitrogens is 1. The number of carbonyl (C=O) groups excluding carboxylic acids is 1. The Morgan fingerprint density at radius 1 is 1.10 bits per heavy atom. The average molecular weight is 284 g/mol. The monoisotopic (exact) mass is 283 g/mol. The third kappa shape index (κ3) is 2.23. The third-order valence-corrected chi connectivity index (χ3v) is 3.85. The van der Waals surface area contributed by atoms with Gasteiger partial charge in [-0.15, -0.1) is 0 Å². The number of Topliss-reactive ketones (excluding diaryl/α,β-unsaturated/α-hetero) is 1. The summed E-state index contributed by atoms with van der Waals surface area (Å²) >= 11 is 6.13. The number of fused-ring (bicyclic) bond motifs is 1. The van der Waals surface area contributed by atoms with Gasteiger partial charge >= 0.3 is 0 Å². The van der Waals surface area contributed by atoms with Crippen LogP contribution in [-0.4, -0.2) is 10.8 Å². The summed E-state index contributed by atoms with van der Waals surface area (Å²) in [5.74, 6) is 0.0908. The Balaban J connectivity index is 2.01. The molecule has 0 aliphatic carbocycles. The Hall–Kier alpha value is -2.06. The number of hydrogen-bond donors (Lipinski definition) is 1. The van der Waals surface area contributed by atoms with E-state index in [1.165, 1.54) is 0 Å². The molecule has 3 aromatic rings. The Bertz CT molecular complexity index is 789. The van der Waals surface area contributed by atoms with Crippen molar-refractivity contribution >= 4 is 28.3 Å². The summed E-state index contributed by atoms with van der Waals surface area (Å²) in [4.78, 5) is 15.8. The first-order chi connectivity index (χ1) is 9.66. The minimum absolute atomic E-state index is 0.0908. The van der Waals surface area contributed by atoms with Gasteiger partial charge in [-0.05, 0) is 24.6 Å². The molecule has 2 nitrogen and oxygen atoms in total. The Morgan fingerprint density at radius 2 is 1.80 bits per heavy atom. The number of aromatic amines is 1. The number of halogens is 1. The van der Waals surface area contributed by atoms with E-state index >= 15 is 0 Å². The highest BCUT2D eigenvalue weighted by Gasteiger charge is 2.16. The number of ketones is 1. The maximum absolute atomic E-state index is 12.6. The number of aromatic nitrogens is 1. The van der Waals surface area contributed by atoms with Gasteiger partial charge in [0.05, 0.1) is 0 Å². The molecule has 3 rings (SSSR count). The van der Waals surface area contributed by atoms with Gasteiger partial charge < -0.3 is 4.98 Å². The highest BCUT2D eigenvalue weighted by molar-refractivity contribution is 6.31. The molecular formula is C17H14ClNO. The molecule has 1 heterocycles. The van der Waals surface area contributed by atoms with Gasteiger partial charge in [-0.1, -0.05) is 48.0 Å². The third-order valence-electron chi connectivity index (χ3n) is 3.48. The molecule has 0 amide bonds. The predicted molar refractivity (Wildman–Crippen MR) is 82.5 cm³/mol. The van der Waals surface area contributed by atoms with Crippen molar-refractivity contribution in [2.75, 3.05) is 0 Å². The molecule has 100 valence electrons. The quantitative estimate of drug-likeness (QED) is 0.703. The Morgan fingerprint density at radius 3 is 2.60 bits per heavy atom. The molecule has 20 heavy (non-hydrogen) atoms. The van der Waals surface area contributed by atoms with Gasteiger partial charge in [0.15, 0.2) is 5.78 Å². The Labute approximate surface area is 122 Å². The van der Waals surface area contributed by atoms with Crippen molar-refractivity contribution in [1.29, 1.82) is 0 Å². The smallest absolute Gasteiger partial charge is 0.169 e. The number of aryl methyl sites for hydroxylation is 1. The zero-order chi connectivity index (χ0) is 14.1. The van der Waals surface area contributed by atoms with Crippen LogP contribution in [0.25, 0.3) is 10.9 Å². The van der Waals surface area contributed by atoms with Crippen LogP contribution in [0.2, 0.25) is 5.02 Å². The number of benzene rings is 2. The van der Waals surface area contributed by atoms with E-state index in [9.17, 15) is 4.79 Å². The number of para-hydroxylation sites is 1. The van der Waals surface area contributed by atoms with E-state index in [0.717, 1.165) is 27.7 Å². The SMILES string of the molecule is Cc1[nH]c2ccccc2c1C(=O)Cc1ccccc1Cl. The summed E-state index contributed by atoms with van der Waals surface area (Å²) in [5.41, 5.74) is 3.53. The van der Waals surface area contributed by atoms with Crippen LogP contribution in [0, 0.1) is 6.92 Å². The van der Waals surface area contributed by atoms with Gasteiger partial charge in [0.2, 0.25) is 0 Å². The highest BCUT2D eigenvalue weighted by Crippen LogP contribution is 2.25. The molecule has 0 radical (unpaired) electrons. The van der Waals surface area contributed by atoms with Crippen LogP contribution in [0.1, 0.15) is 21.6 Å². The van der Waals surface area contributed by atoms with Gasteiger partial charge in [0.1, 0.15) is 0 Å². The molecule has 1 aromatic heterocycles. The molecule has 0 spiro atoms. The van der Waals surface area contributed by atoms with Gasteiger partial charge in [-0.25, -0.2) is 0 Å². The van der Waals surface area contributed by atoms with Crippen LogP contribution in [0.15, 0.2) is 48.5 Å². The lowest BCUT2D eigenvalue weighted by Crippen LogP contribution is -2.05. The second kappa shape index (κ2) is 5.14. The lowest BCUT2D eigenvalue weighted by molar-refractivity contribution is 0.0994. The summed E-state index contributed by atoms with van der Waals surface area (Å²) in [5, 5.41) is 1.61. The van der Waals surface area contributed by atoms with Crippen LogP contribution in [0.3, 0.4) is 0 Å². The van der Waals surface area contributed by atoms with Crippen molar-refractivity contribution in [3.05, 3.63) is 70.4 Å². The predicted octanol–water partition coefficient (Wildman–Crippen LogP) is 4.56. The van der Waals surface area contributed by atoms with E-state index in [1.807, 2.05) is 55.5 Å². The van der Waals surface area contributed by atoms with E-state index in [1.54, 1.807) is 0 Å². The first-order valence-electron chi connectivity index (χ1n) is 6.50. The number of carbonyl (C=O) groups is 1. The molecule has 0 fully saturated rings. The Kier molecular flexibility index (Phi) is 3.33. The zero-order valence-corrected chi connectivity index (χ0v) is 11.9. The normalized spacial score (nSPS) is 10.9. The van der Waals surface area contributed by atoms with Crippen LogP contribution in [0.5, 0.6) is 0 Å². The van der Waals surface area contributed by atoms with Crippen LogP contribution in [0.4, 0.5) is 0 Å². The van der Waals surface area contributed by atoms with Crippen LogP contribution < -0.4 is 0 Å².